The van der Waals surface area contributed by atoms with Gasteiger partial charge in [-0.15, -0.1) is 0 Å². The highest BCUT2D eigenvalue weighted by Gasteiger charge is 2.17. The van der Waals surface area contributed by atoms with Crippen LogP contribution in [-0.4, -0.2) is 24.4 Å². The lowest BCUT2D eigenvalue weighted by Crippen LogP contribution is -2.36. The molecule has 1 aromatic carbocycles. The van der Waals surface area contributed by atoms with Gasteiger partial charge in [-0.3, -0.25) is 9.59 Å². The number of carbonyl (C=O) groups is 2. The van der Waals surface area contributed by atoms with Gasteiger partial charge in [0.1, 0.15) is 5.82 Å². The van der Waals surface area contributed by atoms with Gasteiger partial charge >= 0.3 is 0 Å². The molecule has 0 fully saturated rings. The van der Waals surface area contributed by atoms with E-state index in [9.17, 15) is 14.0 Å². The molecule has 114 valence electrons. The van der Waals surface area contributed by atoms with E-state index in [1.54, 1.807) is 6.07 Å². The summed E-state index contributed by atoms with van der Waals surface area (Å²) in [6, 6.07) is 3.05. The summed E-state index contributed by atoms with van der Waals surface area (Å²) in [7, 11) is 0. The summed E-state index contributed by atoms with van der Waals surface area (Å²) in [5, 5.41) is 8.25. The topological polar surface area (TPSA) is 70.2 Å². The van der Waals surface area contributed by atoms with Gasteiger partial charge in [-0.2, -0.15) is 0 Å². The molecule has 2 amide bonds. The number of carbonyl (C=O) groups excluding carboxylic acids is 2. The van der Waals surface area contributed by atoms with E-state index in [0.29, 0.717) is 18.5 Å². The van der Waals surface area contributed by atoms with Crippen LogP contribution in [0.5, 0.6) is 0 Å². The Morgan fingerprint density at radius 1 is 1.43 bits per heavy atom. The van der Waals surface area contributed by atoms with Crippen LogP contribution in [0.4, 0.5) is 15.8 Å². The average Bonchev–Trinajstić information content (AvgIpc) is 2.44. The molecule has 1 aliphatic heterocycles. The normalized spacial score (nSPS) is 14.9. The largest absolute Gasteiger partial charge is 0.374 e. The molecule has 3 N–H and O–H groups in total. The van der Waals surface area contributed by atoms with Crippen molar-refractivity contribution in [1.29, 1.82) is 0 Å². The van der Waals surface area contributed by atoms with E-state index in [1.165, 1.54) is 6.07 Å². The Bertz CT molecular complexity index is 560. The Morgan fingerprint density at radius 2 is 2.19 bits per heavy atom. The number of aryl methyl sites for hydroxylation is 1. The molecule has 0 saturated heterocycles. The highest BCUT2D eigenvalue weighted by atomic mass is 19.1. The second-order valence-electron chi connectivity index (χ2n) is 5.27. The van der Waals surface area contributed by atoms with Crippen LogP contribution in [-0.2, 0) is 16.0 Å². The Morgan fingerprint density at radius 3 is 2.90 bits per heavy atom. The molecule has 0 aliphatic carbocycles. The fraction of sp³-hybridized carbons (Fsp3) is 0.467. The molecule has 1 heterocycles. The fourth-order valence-corrected chi connectivity index (χ4v) is 2.14. The first-order chi connectivity index (χ1) is 9.99. The van der Waals surface area contributed by atoms with Crippen LogP contribution in [0, 0.1) is 5.82 Å². The molecule has 1 aliphatic rings. The van der Waals surface area contributed by atoms with Gasteiger partial charge in [0.25, 0.3) is 0 Å². The van der Waals surface area contributed by atoms with Crippen LogP contribution in [0.15, 0.2) is 12.1 Å². The molecule has 2 rings (SSSR count). The maximum atomic E-state index is 13.9. The van der Waals surface area contributed by atoms with Crippen molar-refractivity contribution in [2.75, 3.05) is 17.2 Å². The van der Waals surface area contributed by atoms with Crippen molar-refractivity contribution in [3.63, 3.8) is 0 Å². The Labute approximate surface area is 123 Å². The molecular weight excluding hydrogens is 273 g/mol. The summed E-state index contributed by atoms with van der Waals surface area (Å²) in [4.78, 5) is 22.9. The van der Waals surface area contributed by atoms with Gasteiger partial charge in [0.2, 0.25) is 11.8 Å². The molecule has 0 saturated carbocycles. The fourth-order valence-electron chi connectivity index (χ4n) is 2.14. The molecule has 5 nitrogen and oxygen atoms in total. The lowest BCUT2D eigenvalue weighted by molar-refractivity contribution is -0.120. The Hall–Kier alpha value is -2.11. The molecule has 6 heteroatoms. The van der Waals surface area contributed by atoms with Gasteiger partial charge in [0.05, 0.1) is 12.2 Å². The van der Waals surface area contributed by atoms with Gasteiger partial charge in [0, 0.05) is 18.2 Å². The smallest absolute Gasteiger partial charge is 0.239 e. The average molecular weight is 293 g/mol. The SMILES string of the molecule is CC[C@@H](C)NC(=O)CNc1cc2c(cc1F)NC(=O)CC2. The first-order valence-electron chi connectivity index (χ1n) is 7.15. The van der Waals surface area contributed by atoms with Crippen molar-refractivity contribution in [2.45, 2.75) is 39.2 Å². The first kappa shape index (κ1) is 15.3. The van der Waals surface area contributed by atoms with Crippen LogP contribution in [0.3, 0.4) is 0 Å². The van der Waals surface area contributed by atoms with Gasteiger partial charge in [-0.05, 0) is 37.5 Å². The maximum Gasteiger partial charge on any atom is 0.239 e. The molecule has 1 atom stereocenters. The van der Waals surface area contributed by atoms with E-state index >= 15 is 0 Å². The highest BCUT2D eigenvalue weighted by Crippen LogP contribution is 2.28. The van der Waals surface area contributed by atoms with Gasteiger partial charge in [-0.1, -0.05) is 6.92 Å². The minimum absolute atomic E-state index is 0.0202. The molecule has 0 aromatic heterocycles. The number of amides is 2. The number of hydrogen-bond acceptors (Lipinski definition) is 3. The van der Waals surface area contributed by atoms with Crippen LogP contribution in [0.25, 0.3) is 0 Å². The van der Waals surface area contributed by atoms with Crippen LogP contribution < -0.4 is 16.0 Å². The second kappa shape index (κ2) is 6.56. The standard InChI is InChI=1S/C15H20FN3O2/c1-3-9(2)18-15(21)8-17-13-6-10-4-5-14(20)19-12(10)7-11(13)16/h6-7,9,17H,3-5,8H2,1-2H3,(H,18,21)(H,19,20)/t9-/m1/s1. The van der Waals surface area contributed by atoms with Crippen LogP contribution >= 0.6 is 0 Å². The Kier molecular flexibility index (Phi) is 4.77. The molecule has 0 spiro atoms. The summed E-state index contributed by atoms with van der Waals surface area (Å²) in [6.07, 6.45) is 1.82. The third kappa shape index (κ3) is 3.93. The van der Waals surface area contributed by atoms with Crippen molar-refractivity contribution >= 4 is 23.2 Å². The monoisotopic (exact) mass is 293 g/mol. The summed E-state index contributed by atoms with van der Waals surface area (Å²) < 4.78 is 13.9. The quantitative estimate of drug-likeness (QED) is 0.778. The zero-order chi connectivity index (χ0) is 15.4. The van der Waals surface area contributed by atoms with E-state index in [-0.39, 0.29) is 30.1 Å². The summed E-state index contributed by atoms with van der Waals surface area (Å²) in [5.74, 6) is -0.752. The van der Waals surface area contributed by atoms with Crippen LogP contribution in [0.1, 0.15) is 32.3 Å². The number of hydrogen-bond donors (Lipinski definition) is 3. The number of rotatable bonds is 5. The predicted octanol–water partition coefficient (Wildman–Crippen LogP) is 2.04. The number of fused-ring (bicyclic) bond motifs is 1. The minimum atomic E-state index is -0.479. The van der Waals surface area contributed by atoms with Crippen molar-refractivity contribution in [1.82, 2.24) is 5.32 Å². The second-order valence-corrected chi connectivity index (χ2v) is 5.27. The van der Waals surface area contributed by atoms with E-state index in [4.69, 9.17) is 0 Å². The van der Waals surface area contributed by atoms with E-state index < -0.39 is 5.82 Å². The molecule has 0 unspecified atom stereocenters. The molecule has 0 bridgehead atoms. The van der Waals surface area contributed by atoms with Crippen molar-refractivity contribution in [3.05, 3.63) is 23.5 Å². The van der Waals surface area contributed by atoms with E-state index in [2.05, 4.69) is 16.0 Å². The van der Waals surface area contributed by atoms with Gasteiger partial charge < -0.3 is 16.0 Å². The van der Waals surface area contributed by atoms with Crippen molar-refractivity contribution in [2.24, 2.45) is 0 Å². The number of halogens is 1. The zero-order valence-corrected chi connectivity index (χ0v) is 12.3. The number of benzene rings is 1. The lowest BCUT2D eigenvalue weighted by Gasteiger charge is -2.19. The number of anilines is 2. The molecular formula is C15H20FN3O2. The summed E-state index contributed by atoms with van der Waals surface area (Å²) in [6.45, 7) is 3.92. The third-order valence-corrected chi connectivity index (χ3v) is 3.55. The number of nitrogens with one attached hydrogen (secondary N) is 3. The minimum Gasteiger partial charge on any atom is -0.374 e. The Balaban J connectivity index is 2.01. The third-order valence-electron chi connectivity index (χ3n) is 3.55. The van der Waals surface area contributed by atoms with Gasteiger partial charge in [0.15, 0.2) is 0 Å². The van der Waals surface area contributed by atoms with E-state index in [1.807, 2.05) is 13.8 Å². The zero-order valence-electron chi connectivity index (χ0n) is 12.3. The maximum absolute atomic E-state index is 13.9. The first-order valence-corrected chi connectivity index (χ1v) is 7.15. The van der Waals surface area contributed by atoms with Crippen molar-refractivity contribution in [3.8, 4) is 0 Å². The summed E-state index contributed by atoms with van der Waals surface area (Å²) in [5.41, 5.74) is 1.67. The molecule has 21 heavy (non-hydrogen) atoms. The predicted molar refractivity (Wildman–Crippen MR) is 79.7 cm³/mol. The lowest BCUT2D eigenvalue weighted by atomic mass is 10.0. The molecule has 1 aromatic rings. The van der Waals surface area contributed by atoms with E-state index in [0.717, 1.165) is 12.0 Å². The van der Waals surface area contributed by atoms with Crippen molar-refractivity contribution < 1.29 is 14.0 Å². The van der Waals surface area contributed by atoms with Gasteiger partial charge in [-0.25, -0.2) is 4.39 Å². The van der Waals surface area contributed by atoms with Crippen LogP contribution in [0.2, 0.25) is 0 Å². The molecule has 0 radical (unpaired) electrons. The highest BCUT2D eigenvalue weighted by molar-refractivity contribution is 5.94. The summed E-state index contributed by atoms with van der Waals surface area (Å²) >= 11 is 0.